The minimum absolute atomic E-state index is 0.0542. The predicted molar refractivity (Wildman–Crippen MR) is 157 cm³/mol. The number of sulfonamides is 1. The third-order valence-electron chi connectivity index (χ3n) is 7.38. The van der Waals surface area contributed by atoms with Crippen molar-refractivity contribution in [3.63, 3.8) is 0 Å². The molecule has 0 fully saturated rings. The van der Waals surface area contributed by atoms with Crippen molar-refractivity contribution in [2.24, 2.45) is 0 Å². The highest BCUT2D eigenvalue weighted by atomic mass is 32.2. The number of nitrogens with one attached hydrogen (secondary N) is 1. The molecular weight excluding hydrogens is 538 g/mol. The molecule has 0 aliphatic carbocycles. The maximum absolute atomic E-state index is 13.8. The third kappa shape index (κ3) is 5.28. The van der Waals surface area contributed by atoms with Crippen molar-refractivity contribution in [1.82, 2.24) is 5.32 Å². The van der Waals surface area contributed by atoms with Crippen molar-refractivity contribution in [2.45, 2.75) is 23.8 Å². The highest BCUT2D eigenvalue weighted by Crippen LogP contribution is 2.37. The SMILES string of the molecule is O=C(NCCc1ccccc1)[C@@H]1CN(C(=O)c2ccc3c(c2)CCN3S(=O)(=O)c2ccccc2)c2ccccc2O1. The van der Waals surface area contributed by atoms with Gasteiger partial charge in [0.05, 0.1) is 22.8 Å². The maximum Gasteiger partial charge on any atom is 0.264 e. The van der Waals surface area contributed by atoms with E-state index in [-0.39, 0.29) is 23.3 Å². The number of amides is 2. The second-order valence-electron chi connectivity index (χ2n) is 10.0. The van der Waals surface area contributed by atoms with E-state index in [2.05, 4.69) is 5.32 Å². The monoisotopic (exact) mass is 567 g/mol. The fourth-order valence-corrected chi connectivity index (χ4v) is 6.81. The van der Waals surface area contributed by atoms with E-state index in [0.29, 0.717) is 48.6 Å². The lowest BCUT2D eigenvalue weighted by molar-refractivity contribution is -0.127. The van der Waals surface area contributed by atoms with E-state index in [9.17, 15) is 18.0 Å². The zero-order chi connectivity index (χ0) is 28.4. The third-order valence-corrected chi connectivity index (χ3v) is 9.20. The van der Waals surface area contributed by atoms with Gasteiger partial charge in [-0.1, -0.05) is 60.7 Å². The summed E-state index contributed by atoms with van der Waals surface area (Å²) in [5, 5.41) is 2.93. The quantitative estimate of drug-likeness (QED) is 0.361. The van der Waals surface area contributed by atoms with E-state index in [1.165, 1.54) is 4.31 Å². The summed E-state index contributed by atoms with van der Waals surface area (Å²) in [6.07, 6.45) is 0.310. The molecule has 2 aliphatic heterocycles. The average molecular weight is 568 g/mol. The molecular formula is C32H29N3O5S. The summed E-state index contributed by atoms with van der Waals surface area (Å²) in [6, 6.07) is 30.4. The summed E-state index contributed by atoms with van der Waals surface area (Å²) in [6.45, 7) is 0.805. The number of hydrogen-bond acceptors (Lipinski definition) is 5. The number of fused-ring (bicyclic) bond motifs is 2. The Balaban J connectivity index is 1.21. The number of carbonyl (C=O) groups excluding carboxylic acids is 2. The molecule has 0 saturated carbocycles. The van der Waals surface area contributed by atoms with Crippen LogP contribution in [0.5, 0.6) is 5.75 Å². The van der Waals surface area contributed by atoms with E-state index >= 15 is 0 Å². The van der Waals surface area contributed by atoms with Gasteiger partial charge in [0.1, 0.15) is 5.75 Å². The predicted octanol–water partition coefficient (Wildman–Crippen LogP) is 4.20. The molecule has 2 aliphatic rings. The zero-order valence-corrected chi connectivity index (χ0v) is 23.1. The van der Waals surface area contributed by atoms with Crippen LogP contribution in [0.15, 0.2) is 108 Å². The summed E-state index contributed by atoms with van der Waals surface area (Å²) in [4.78, 5) is 28.7. The first-order valence-electron chi connectivity index (χ1n) is 13.5. The largest absolute Gasteiger partial charge is 0.477 e. The molecule has 0 saturated heterocycles. The highest BCUT2D eigenvalue weighted by molar-refractivity contribution is 7.92. The number of anilines is 2. The van der Waals surface area contributed by atoms with Gasteiger partial charge < -0.3 is 15.0 Å². The lowest BCUT2D eigenvalue weighted by Crippen LogP contribution is -2.51. The van der Waals surface area contributed by atoms with Crippen molar-refractivity contribution in [1.29, 1.82) is 0 Å². The summed E-state index contributed by atoms with van der Waals surface area (Å²) >= 11 is 0. The van der Waals surface area contributed by atoms with E-state index in [1.54, 1.807) is 71.6 Å². The number of para-hydroxylation sites is 2. The smallest absolute Gasteiger partial charge is 0.264 e. The van der Waals surface area contributed by atoms with Gasteiger partial charge in [0.15, 0.2) is 6.10 Å². The van der Waals surface area contributed by atoms with Crippen LogP contribution in [0, 0.1) is 0 Å². The van der Waals surface area contributed by atoms with Gasteiger partial charge in [0.25, 0.3) is 21.8 Å². The number of carbonyl (C=O) groups is 2. The topological polar surface area (TPSA) is 96.0 Å². The van der Waals surface area contributed by atoms with Gasteiger partial charge in [-0.05, 0) is 66.4 Å². The van der Waals surface area contributed by atoms with Gasteiger partial charge in [0.2, 0.25) is 0 Å². The van der Waals surface area contributed by atoms with Gasteiger partial charge in [-0.3, -0.25) is 13.9 Å². The lowest BCUT2D eigenvalue weighted by atomic mass is 10.1. The first kappa shape index (κ1) is 26.6. The van der Waals surface area contributed by atoms with Gasteiger partial charge in [-0.25, -0.2) is 8.42 Å². The molecule has 4 aromatic rings. The standard InChI is InChI=1S/C32H29N3O5S/c36-31(33-19-17-23-9-3-1-4-10-23)30-22-34(28-13-7-8-14-29(28)40-30)32(37)25-15-16-27-24(21-25)18-20-35(27)41(38,39)26-11-5-2-6-12-26/h1-16,21,30H,17-20,22H2,(H,33,36)/t30-/m0/s1. The molecule has 2 amide bonds. The Labute approximate surface area is 239 Å². The second kappa shape index (κ2) is 11.1. The van der Waals surface area contributed by atoms with E-state index in [1.807, 2.05) is 36.4 Å². The van der Waals surface area contributed by atoms with Crippen molar-refractivity contribution < 1.29 is 22.7 Å². The van der Waals surface area contributed by atoms with Crippen LogP contribution in [0.2, 0.25) is 0 Å². The summed E-state index contributed by atoms with van der Waals surface area (Å²) in [5.74, 6) is -0.115. The van der Waals surface area contributed by atoms with Gasteiger partial charge in [-0.15, -0.1) is 0 Å². The summed E-state index contributed by atoms with van der Waals surface area (Å²) in [5.41, 5.74) is 3.48. The number of rotatable bonds is 7. The zero-order valence-electron chi connectivity index (χ0n) is 22.3. The van der Waals surface area contributed by atoms with Crippen molar-refractivity contribution in [2.75, 3.05) is 28.8 Å². The van der Waals surface area contributed by atoms with Gasteiger partial charge in [-0.2, -0.15) is 0 Å². The van der Waals surface area contributed by atoms with Crippen LogP contribution in [0.25, 0.3) is 0 Å². The van der Waals surface area contributed by atoms with Crippen molar-refractivity contribution in [3.8, 4) is 5.75 Å². The number of nitrogens with zero attached hydrogens (tertiary/aromatic N) is 2. The minimum Gasteiger partial charge on any atom is -0.477 e. The molecule has 0 bridgehead atoms. The van der Waals surface area contributed by atoms with Crippen LogP contribution >= 0.6 is 0 Å². The molecule has 0 spiro atoms. The fourth-order valence-electron chi connectivity index (χ4n) is 5.28. The van der Waals surface area contributed by atoms with Crippen LogP contribution in [-0.4, -0.2) is 46.0 Å². The number of ether oxygens (including phenoxy) is 1. The molecule has 0 unspecified atom stereocenters. The Bertz CT molecular complexity index is 1690. The molecule has 1 atom stereocenters. The summed E-state index contributed by atoms with van der Waals surface area (Å²) < 4.78 is 33.9. The molecule has 1 N–H and O–H groups in total. The van der Waals surface area contributed by atoms with Crippen LogP contribution in [0.4, 0.5) is 11.4 Å². The van der Waals surface area contributed by atoms with Crippen LogP contribution in [-0.2, 0) is 27.7 Å². The van der Waals surface area contributed by atoms with E-state index < -0.39 is 16.1 Å². The Morgan fingerprint density at radius 3 is 2.34 bits per heavy atom. The molecule has 41 heavy (non-hydrogen) atoms. The summed E-state index contributed by atoms with van der Waals surface area (Å²) in [7, 11) is -3.71. The van der Waals surface area contributed by atoms with Crippen molar-refractivity contribution in [3.05, 3.63) is 120 Å². The first-order valence-corrected chi connectivity index (χ1v) is 15.0. The Hall–Kier alpha value is -4.63. The Kier molecular flexibility index (Phi) is 7.19. The second-order valence-corrected chi connectivity index (χ2v) is 11.9. The van der Waals surface area contributed by atoms with E-state index in [0.717, 1.165) is 11.1 Å². The maximum atomic E-state index is 13.8. The number of hydrogen-bond donors (Lipinski definition) is 1. The molecule has 9 heteroatoms. The van der Waals surface area contributed by atoms with E-state index in [4.69, 9.17) is 4.74 Å². The molecule has 4 aromatic carbocycles. The average Bonchev–Trinajstić information content (AvgIpc) is 3.45. The highest BCUT2D eigenvalue weighted by Gasteiger charge is 2.35. The molecule has 2 heterocycles. The van der Waals surface area contributed by atoms with Crippen LogP contribution < -0.4 is 19.3 Å². The number of benzene rings is 4. The Morgan fingerprint density at radius 2 is 1.56 bits per heavy atom. The fraction of sp³-hybridized carbons (Fsp3) is 0.188. The van der Waals surface area contributed by atoms with Gasteiger partial charge >= 0.3 is 0 Å². The molecule has 8 nitrogen and oxygen atoms in total. The molecule has 0 radical (unpaired) electrons. The molecule has 208 valence electrons. The molecule has 6 rings (SSSR count). The Morgan fingerprint density at radius 1 is 0.854 bits per heavy atom. The van der Waals surface area contributed by atoms with Crippen molar-refractivity contribution >= 4 is 33.2 Å². The first-order chi connectivity index (χ1) is 19.9. The van der Waals surface area contributed by atoms with Crippen LogP contribution in [0.3, 0.4) is 0 Å². The van der Waals surface area contributed by atoms with Crippen LogP contribution in [0.1, 0.15) is 21.5 Å². The van der Waals surface area contributed by atoms with Gasteiger partial charge in [0, 0.05) is 18.7 Å². The minimum atomic E-state index is -3.71. The lowest BCUT2D eigenvalue weighted by Gasteiger charge is -2.34. The normalized spacial score (nSPS) is 16.0. The molecule has 0 aromatic heterocycles.